The molecule has 0 aliphatic heterocycles. The molecule has 0 aliphatic carbocycles. The van der Waals surface area contributed by atoms with Gasteiger partial charge in [-0.3, -0.25) is 9.59 Å². The van der Waals surface area contributed by atoms with Crippen LogP contribution < -0.4 is 11.3 Å². The Kier molecular flexibility index (Phi) is 7.61. The second-order valence-corrected chi connectivity index (χ2v) is 7.92. The number of hydrogen-bond acceptors (Lipinski definition) is 9. The Bertz CT molecular complexity index is 1300. The Balaban J connectivity index is 0.000000210. The highest BCUT2D eigenvalue weighted by molar-refractivity contribution is 7.98. The summed E-state index contributed by atoms with van der Waals surface area (Å²) in [5, 5.41) is 2.52. The summed E-state index contributed by atoms with van der Waals surface area (Å²) in [6.45, 7) is 0. The van der Waals surface area contributed by atoms with E-state index in [1.165, 1.54) is 29.7 Å². The zero-order valence-corrected chi connectivity index (χ0v) is 18.9. The van der Waals surface area contributed by atoms with Crippen molar-refractivity contribution in [2.24, 2.45) is 0 Å². The molecule has 8 nitrogen and oxygen atoms in total. The first-order valence-corrected chi connectivity index (χ1v) is 11.6. The highest BCUT2D eigenvalue weighted by atomic mass is 35.5. The maximum atomic E-state index is 12.2. The van der Waals surface area contributed by atoms with E-state index in [1.54, 1.807) is 18.3 Å². The monoisotopic (exact) mass is 472 g/mol. The minimum Gasteiger partial charge on any atom is -0.383 e. The molecule has 0 amide bonds. The molecule has 11 heteroatoms. The lowest BCUT2D eigenvalue weighted by Gasteiger charge is -2.05. The van der Waals surface area contributed by atoms with Crippen molar-refractivity contribution in [2.75, 3.05) is 18.2 Å². The van der Waals surface area contributed by atoms with Gasteiger partial charge in [-0.1, -0.05) is 53.3 Å². The minimum atomic E-state index is -0.212. The van der Waals surface area contributed by atoms with Gasteiger partial charge in [0.2, 0.25) is 0 Å². The first-order valence-electron chi connectivity index (χ1n) is 8.77. The quantitative estimate of drug-likeness (QED) is 0.257. The van der Waals surface area contributed by atoms with Crippen LogP contribution in [0.1, 0.15) is 10.4 Å². The Morgan fingerprint density at radius 2 is 1.71 bits per heavy atom. The third-order valence-electron chi connectivity index (χ3n) is 4.05. The number of carbonyl (C=O) groups is 1. The van der Waals surface area contributed by atoms with Crippen LogP contribution in [0.5, 0.6) is 0 Å². The molecule has 1 aromatic carbocycles. The molecular weight excluding hydrogens is 456 g/mol. The Morgan fingerprint density at radius 3 is 2.35 bits per heavy atom. The summed E-state index contributed by atoms with van der Waals surface area (Å²) in [5.41, 5.74) is 7.29. The molecule has 0 atom stereocenters. The smallest absolute Gasteiger partial charge is 0.257 e. The number of nitrogens with two attached hydrogens (primary N) is 1. The number of aldehydes is 1. The number of carbonyl (C=O) groups excluding carboxylic acids is 1. The van der Waals surface area contributed by atoms with E-state index in [0.29, 0.717) is 44.0 Å². The number of fused-ring (bicyclic) bond motifs is 1. The molecule has 0 saturated carbocycles. The van der Waals surface area contributed by atoms with Crippen LogP contribution in [-0.4, -0.2) is 43.7 Å². The van der Waals surface area contributed by atoms with Crippen LogP contribution in [0.2, 0.25) is 5.02 Å². The summed E-state index contributed by atoms with van der Waals surface area (Å²) < 4.78 is 0. The fourth-order valence-corrected chi connectivity index (χ4v) is 3.46. The first-order chi connectivity index (χ1) is 15.0. The van der Waals surface area contributed by atoms with E-state index in [9.17, 15) is 9.59 Å². The molecular formula is C20H17ClN6O2S2. The first kappa shape index (κ1) is 22.7. The zero-order chi connectivity index (χ0) is 22.4. The van der Waals surface area contributed by atoms with E-state index in [4.69, 9.17) is 17.3 Å². The standard InChI is InChI=1S/C14H10ClN3OS.C6H7N3OS/c1-20-14-16-7-8-6-10(13(19)17-12(8)18-14)9-4-2-3-5-11(9)15;1-11-6-8-2-4(3-10)5(7)9-6/h2-7H,1H3,(H,16,17,18,19);2-3H,1H3,(H2,7,8,9). The number of nitrogens with one attached hydrogen (secondary N) is 1. The fraction of sp³-hybridized carbons (Fsp3) is 0.100. The van der Waals surface area contributed by atoms with Crippen molar-refractivity contribution < 1.29 is 4.79 Å². The van der Waals surface area contributed by atoms with Gasteiger partial charge in [0.1, 0.15) is 11.5 Å². The number of halogens is 1. The molecule has 3 aromatic heterocycles. The van der Waals surface area contributed by atoms with Crippen LogP contribution in [0.4, 0.5) is 5.82 Å². The highest BCUT2D eigenvalue weighted by Gasteiger charge is 2.10. The average Bonchev–Trinajstić information content (AvgIpc) is 2.79. The van der Waals surface area contributed by atoms with Crippen LogP contribution in [0, 0.1) is 0 Å². The second kappa shape index (κ2) is 10.4. The van der Waals surface area contributed by atoms with E-state index in [2.05, 4.69) is 24.9 Å². The molecule has 3 N–H and O–H groups in total. The molecule has 3 heterocycles. The number of aromatic amines is 1. The van der Waals surface area contributed by atoms with Crippen molar-refractivity contribution in [3.8, 4) is 11.1 Å². The normalized spacial score (nSPS) is 10.4. The van der Waals surface area contributed by atoms with Crippen LogP contribution in [0.15, 0.2) is 57.8 Å². The zero-order valence-electron chi connectivity index (χ0n) is 16.5. The van der Waals surface area contributed by atoms with Crippen LogP contribution in [-0.2, 0) is 0 Å². The number of anilines is 1. The lowest BCUT2D eigenvalue weighted by molar-refractivity contribution is 0.112. The molecule has 0 aliphatic rings. The number of thioether (sulfide) groups is 2. The van der Waals surface area contributed by atoms with Crippen molar-refractivity contribution in [1.82, 2.24) is 24.9 Å². The minimum absolute atomic E-state index is 0.212. The van der Waals surface area contributed by atoms with E-state index < -0.39 is 0 Å². The molecule has 0 saturated heterocycles. The summed E-state index contributed by atoms with van der Waals surface area (Å²) in [6, 6.07) is 9.01. The van der Waals surface area contributed by atoms with E-state index >= 15 is 0 Å². The number of pyridine rings is 1. The van der Waals surface area contributed by atoms with Crippen LogP contribution in [0.25, 0.3) is 22.2 Å². The molecule has 0 bridgehead atoms. The van der Waals surface area contributed by atoms with Gasteiger partial charge < -0.3 is 10.7 Å². The van der Waals surface area contributed by atoms with Gasteiger partial charge in [0.25, 0.3) is 5.56 Å². The van der Waals surface area contributed by atoms with E-state index in [0.717, 1.165) is 5.39 Å². The van der Waals surface area contributed by atoms with Gasteiger partial charge in [0, 0.05) is 33.9 Å². The number of nitrogen functional groups attached to an aromatic ring is 1. The SMILES string of the molecule is CSc1ncc(C=O)c(N)n1.CSc1ncc2cc(-c3ccccc3Cl)c(=O)[nH]c2n1. The summed E-state index contributed by atoms with van der Waals surface area (Å²) in [4.78, 5) is 41.5. The van der Waals surface area contributed by atoms with Gasteiger partial charge in [-0.2, -0.15) is 0 Å². The largest absolute Gasteiger partial charge is 0.383 e. The predicted molar refractivity (Wildman–Crippen MR) is 126 cm³/mol. The van der Waals surface area contributed by atoms with E-state index in [1.807, 2.05) is 30.7 Å². The molecule has 158 valence electrons. The fourth-order valence-electron chi connectivity index (χ4n) is 2.53. The Hall–Kier alpha value is -2.95. The molecule has 0 spiro atoms. The molecule has 0 unspecified atom stereocenters. The van der Waals surface area contributed by atoms with Crippen molar-refractivity contribution in [3.63, 3.8) is 0 Å². The summed E-state index contributed by atoms with van der Waals surface area (Å²) in [6.07, 6.45) is 7.48. The number of hydrogen-bond donors (Lipinski definition) is 2. The Labute approximate surface area is 191 Å². The van der Waals surface area contributed by atoms with Crippen molar-refractivity contribution >= 4 is 58.3 Å². The second-order valence-electron chi connectivity index (χ2n) is 5.97. The van der Waals surface area contributed by atoms with Gasteiger partial charge in [0.15, 0.2) is 16.6 Å². The van der Waals surface area contributed by atoms with Gasteiger partial charge in [0.05, 0.1) is 5.56 Å². The number of benzene rings is 1. The number of aromatic nitrogens is 5. The topological polar surface area (TPSA) is 128 Å². The highest BCUT2D eigenvalue weighted by Crippen LogP contribution is 2.26. The Morgan fingerprint density at radius 1 is 1.03 bits per heavy atom. The maximum Gasteiger partial charge on any atom is 0.257 e. The van der Waals surface area contributed by atoms with Crippen molar-refractivity contribution in [1.29, 1.82) is 0 Å². The average molecular weight is 473 g/mol. The number of rotatable bonds is 4. The van der Waals surface area contributed by atoms with Gasteiger partial charge in [-0.25, -0.2) is 19.9 Å². The summed E-state index contributed by atoms with van der Waals surface area (Å²) in [5.74, 6) is 0.236. The lowest BCUT2D eigenvalue weighted by atomic mass is 10.1. The summed E-state index contributed by atoms with van der Waals surface area (Å²) in [7, 11) is 0. The van der Waals surface area contributed by atoms with Crippen molar-refractivity contribution in [2.45, 2.75) is 10.3 Å². The molecule has 0 radical (unpaired) electrons. The lowest BCUT2D eigenvalue weighted by Crippen LogP contribution is -2.10. The third-order valence-corrected chi connectivity index (χ3v) is 5.51. The van der Waals surface area contributed by atoms with E-state index in [-0.39, 0.29) is 11.4 Å². The molecule has 31 heavy (non-hydrogen) atoms. The molecule has 4 aromatic rings. The van der Waals surface area contributed by atoms with Gasteiger partial charge in [-0.05, 0) is 24.6 Å². The van der Waals surface area contributed by atoms with Gasteiger partial charge in [-0.15, -0.1) is 0 Å². The predicted octanol–water partition coefficient (Wildman–Crippen LogP) is 3.95. The number of H-pyrrole nitrogens is 1. The van der Waals surface area contributed by atoms with Crippen molar-refractivity contribution in [3.05, 3.63) is 63.7 Å². The molecule has 0 fully saturated rings. The number of nitrogens with zero attached hydrogens (tertiary/aromatic N) is 4. The molecule has 4 rings (SSSR count). The van der Waals surface area contributed by atoms with Crippen LogP contribution >= 0.6 is 35.1 Å². The summed E-state index contributed by atoms with van der Waals surface area (Å²) >= 11 is 8.95. The van der Waals surface area contributed by atoms with Gasteiger partial charge >= 0.3 is 0 Å². The maximum absolute atomic E-state index is 12.2. The van der Waals surface area contributed by atoms with Crippen LogP contribution in [0.3, 0.4) is 0 Å². The third kappa shape index (κ3) is 5.40.